The van der Waals surface area contributed by atoms with Gasteiger partial charge in [0.2, 0.25) is 0 Å². The molecule has 0 aliphatic heterocycles. The summed E-state index contributed by atoms with van der Waals surface area (Å²) >= 11 is 9.41. The Kier molecular flexibility index (Phi) is 5.68. The molecule has 0 saturated carbocycles. The molecular weight excluding hydrogens is 404 g/mol. The van der Waals surface area contributed by atoms with Crippen LogP contribution in [0.4, 0.5) is 0 Å². The molecule has 6 heteroatoms. The molecule has 3 rings (SSSR count). The smallest absolute Gasteiger partial charge is 0.277 e. The lowest BCUT2D eigenvalue weighted by Gasteiger charge is -2.09. The lowest BCUT2D eigenvalue weighted by atomic mass is 10.1. The van der Waals surface area contributed by atoms with E-state index in [2.05, 4.69) is 26.5 Å². The van der Waals surface area contributed by atoms with Crippen molar-refractivity contribution in [2.45, 2.75) is 0 Å². The summed E-state index contributed by atoms with van der Waals surface area (Å²) in [6.45, 7) is -0.135. The minimum Gasteiger partial charge on any atom is -0.483 e. The summed E-state index contributed by atoms with van der Waals surface area (Å²) in [6, 6.07) is 18.9. The van der Waals surface area contributed by atoms with Crippen molar-refractivity contribution in [3.63, 3.8) is 0 Å². The average molecular weight is 418 g/mol. The van der Waals surface area contributed by atoms with Crippen molar-refractivity contribution in [1.82, 2.24) is 5.43 Å². The van der Waals surface area contributed by atoms with Crippen LogP contribution in [0.2, 0.25) is 5.02 Å². The highest BCUT2D eigenvalue weighted by Gasteiger charge is 2.08. The Balaban J connectivity index is 1.58. The van der Waals surface area contributed by atoms with Gasteiger partial charge in [0, 0.05) is 5.02 Å². The summed E-state index contributed by atoms with van der Waals surface area (Å²) < 4.78 is 6.39. The van der Waals surface area contributed by atoms with Gasteiger partial charge in [0.05, 0.1) is 10.7 Å². The zero-order chi connectivity index (χ0) is 17.6. The van der Waals surface area contributed by atoms with Gasteiger partial charge >= 0.3 is 0 Å². The number of halogens is 2. The van der Waals surface area contributed by atoms with Gasteiger partial charge in [-0.1, -0.05) is 54.1 Å². The van der Waals surface area contributed by atoms with Crippen LogP contribution in [0.1, 0.15) is 5.56 Å². The maximum Gasteiger partial charge on any atom is 0.277 e. The Morgan fingerprint density at radius 1 is 1.16 bits per heavy atom. The molecule has 4 nitrogen and oxygen atoms in total. The van der Waals surface area contributed by atoms with Crippen LogP contribution in [0.5, 0.6) is 5.75 Å². The van der Waals surface area contributed by atoms with Gasteiger partial charge in [-0.25, -0.2) is 5.43 Å². The van der Waals surface area contributed by atoms with Gasteiger partial charge in [-0.2, -0.15) is 5.10 Å². The second-order valence-corrected chi connectivity index (χ2v) is 6.47. The molecule has 0 aliphatic carbocycles. The third-order valence-corrected chi connectivity index (χ3v) is 4.49. The number of hydrazone groups is 1. The summed E-state index contributed by atoms with van der Waals surface area (Å²) in [4.78, 5) is 11.9. The summed E-state index contributed by atoms with van der Waals surface area (Å²) in [5.41, 5.74) is 3.22. The van der Waals surface area contributed by atoms with E-state index in [9.17, 15) is 4.79 Å². The Morgan fingerprint density at radius 2 is 2.00 bits per heavy atom. The molecule has 1 N–H and O–H groups in total. The molecule has 0 aliphatic rings. The first-order valence-electron chi connectivity index (χ1n) is 7.51. The molecule has 0 fully saturated rings. The van der Waals surface area contributed by atoms with Crippen molar-refractivity contribution in [2.75, 3.05) is 6.61 Å². The number of rotatable bonds is 5. The Morgan fingerprint density at radius 3 is 2.84 bits per heavy atom. The third kappa shape index (κ3) is 4.59. The largest absolute Gasteiger partial charge is 0.483 e. The normalized spacial score (nSPS) is 11.0. The number of carbonyl (C=O) groups is 1. The monoisotopic (exact) mass is 416 g/mol. The van der Waals surface area contributed by atoms with E-state index in [1.54, 1.807) is 12.1 Å². The first-order chi connectivity index (χ1) is 12.1. The fraction of sp³-hybridized carbons (Fsp3) is 0.0526. The van der Waals surface area contributed by atoms with E-state index in [4.69, 9.17) is 16.3 Å². The van der Waals surface area contributed by atoms with Gasteiger partial charge in [-0.15, -0.1) is 0 Å². The zero-order valence-corrected chi connectivity index (χ0v) is 15.4. The highest BCUT2D eigenvalue weighted by atomic mass is 79.9. The number of fused-ring (bicyclic) bond motifs is 1. The van der Waals surface area contributed by atoms with Crippen LogP contribution >= 0.6 is 27.5 Å². The minimum atomic E-state index is -0.349. The Bertz CT molecular complexity index is 944. The molecule has 0 atom stereocenters. The molecule has 3 aromatic rings. The summed E-state index contributed by atoms with van der Waals surface area (Å²) in [5.74, 6) is 0.256. The molecule has 25 heavy (non-hydrogen) atoms. The second kappa shape index (κ2) is 8.14. The quantitative estimate of drug-likeness (QED) is 0.479. The van der Waals surface area contributed by atoms with Crippen LogP contribution in [0.25, 0.3) is 10.8 Å². The first kappa shape index (κ1) is 17.5. The maximum absolute atomic E-state index is 11.9. The molecule has 0 bridgehead atoms. The van der Waals surface area contributed by atoms with Gasteiger partial charge in [-0.05, 0) is 50.5 Å². The number of nitrogens with zero attached hydrogens (tertiary/aromatic N) is 1. The van der Waals surface area contributed by atoms with E-state index in [-0.39, 0.29) is 12.5 Å². The molecule has 0 radical (unpaired) electrons. The Hall–Kier alpha value is -2.37. The zero-order valence-electron chi connectivity index (χ0n) is 13.1. The van der Waals surface area contributed by atoms with Gasteiger partial charge in [-0.3, -0.25) is 4.79 Å². The standard InChI is InChI=1S/C19H14BrClN2O2/c20-19-16-7-2-1-5-14(16)8-9-17(19)25-12-18(24)23-22-11-13-4-3-6-15(21)10-13/h1-11H,12H2,(H,23,24)/b22-11+. The number of hydrogen-bond acceptors (Lipinski definition) is 3. The summed E-state index contributed by atoms with van der Waals surface area (Å²) in [6.07, 6.45) is 1.52. The molecule has 0 aromatic heterocycles. The van der Waals surface area contributed by atoms with E-state index < -0.39 is 0 Å². The molecule has 0 saturated heterocycles. The summed E-state index contributed by atoms with van der Waals surface area (Å²) in [7, 11) is 0. The Labute approximate surface area is 158 Å². The number of hydrogen-bond donors (Lipinski definition) is 1. The van der Waals surface area contributed by atoms with E-state index in [1.807, 2.05) is 48.5 Å². The second-order valence-electron chi connectivity index (χ2n) is 5.24. The lowest BCUT2D eigenvalue weighted by Crippen LogP contribution is -2.24. The molecule has 0 unspecified atom stereocenters. The van der Waals surface area contributed by atoms with Gasteiger partial charge in [0.15, 0.2) is 6.61 Å². The maximum atomic E-state index is 11.9. The van der Waals surface area contributed by atoms with Crippen LogP contribution in [-0.2, 0) is 4.79 Å². The van der Waals surface area contributed by atoms with Gasteiger partial charge < -0.3 is 4.74 Å². The van der Waals surface area contributed by atoms with Gasteiger partial charge in [0.25, 0.3) is 5.91 Å². The number of amides is 1. The van der Waals surface area contributed by atoms with Crippen molar-refractivity contribution in [3.8, 4) is 5.75 Å². The van der Waals surface area contributed by atoms with Crippen molar-refractivity contribution in [1.29, 1.82) is 0 Å². The molecular formula is C19H14BrClN2O2. The number of carbonyl (C=O) groups excluding carboxylic acids is 1. The van der Waals surface area contributed by atoms with Crippen LogP contribution < -0.4 is 10.2 Å². The SMILES string of the molecule is O=C(COc1ccc2ccccc2c1Br)N/N=C/c1cccc(Cl)c1. The fourth-order valence-electron chi connectivity index (χ4n) is 2.27. The highest BCUT2D eigenvalue weighted by molar-refractivity contribution is 9.10. The van der Waals surface area contributed by atoms with Gasteiger partial charge in [0.1, 0.15) is 5.75 Å². The highest BCUT2D eigenvalue weighted by Crippen LogP contribution is 2.32. The van der Waals surface area contributed by atoms with Crippen LogP contribution in [0.3, 0.4) is 0 Å². The number of nitrogens with one attached hydrogen (secondary N) is 1. The van der Waals surface area contributed by atoms with Crippen molar-refractivity contribution in [2.24, 2.45) is 5.10 Å². The topological polar surface area (TPSA) is 50.7 Å². The van der Waals surface area contributed by atoms with E-state index >= 15 is 0 Å². The molecule has 0 heterocycles. The molecule has 126 valence electrons. The fourth-order valence-corrected chi connectivity index (χ4v) is 3.07. The van der Waals surface area contributed by atoms with Crippen molar-refractivity contribution >= 4 is 50.4 Å². The minimum absolute atomic E-state index is 0.135. The first-order valence-corrected chi connectivity index (χ1v) is 8.68. The predicted octanol–water partition coefficient (Wildman–Crippen LogP) is 4.78. The predicted molar refractivity (Wildman–Crippen MR) is 104 cm³/mol. The summed E-state index contributed by atoms with van der Waals surface area (Å²) in [5, 5.41) is 6.63. The lowest BCUT2D eigenvalue weighted by molar-refractivity contribution is -0.123. The van der Waals surface area contributed by atoms with E-state index in [1.165, 1.54) is 6.21 Å². The van der Waals surface area contributed by atoms with E-state index in [0.29, 0.717) is 10.8 Å². The average Bonchev–Trinajstić information content (AvgIpc) is 2.61. The van der Waals surface area contributed by atoms with Crippen molar-refractivity contribution < 1.29 is 9.53 Å². The number of benzene rings is 3. The van der Waals surface area contributed by atoms with Crippen LogP contribution in [-0.4, -0.2) is 18.7 Å². The molecule has 0 spiro atoms. The van der Waals surface area contributed by atoms with E-state index in [0.717, 1.165) is 20.8 Å². The molecule has 3 aromatic carbocycles. The third-order valence-electron chi connectivity index (χ3n) is 3.44. The van der Waals surface area contributed by atoms with Crippen molar-refractivity contribution in [3.05, 3.63) is 75.7 Å². The van der Waals surface area contributed by atoms with Crippen LogP contribution in [0, 0.1) is 0 Å². The number of ether oxygens (including phenoxy) is 1. The van der Waals surface area contributed by atoms with Crippen LogP contribution in [0.15, 0.2) is 70.2 Å². The molecule has 1 amide bonds.